The van der Waals surface area contributed by atoms with Crippen molar-refractivity contribution in [2.75, 3.05) is 24.7 Å². The molecule has 0 radical (unpaired) electrons. The van der Waals surface area contributed by atoms with Gasteiger partial charge in [0.2, 0.25) is 0 Å². The van der Waals surface area contributed by atoms with E-state index in [0.717, 1.165) is 56.0 Å². The van der Waals surface area contributed by atoms with Gasteiger partial charge >= 0.3 is 0 Å². The molecule has 18 heavy (non-hydrogen) atoms. The SMILES string of the molecule is CNc1cc(SO)cc2c(NC)cc(SO)cc12. The molecule has 0 saturated heterocycles. The van der Waals surface area contributed by atoms with Gasteiger partial charge in [0, 0.05) is 70.1 Å². The second-order valence-electron chi connectivity index (χ2n) is 3.72. The van der Waals surface area contributed by atoms with Crippen molar-refractivity contribution in [1.82, 2.24) is 0 Å². The van der Waals surface area contributed by atoms with Gasteiger partial charge in [-0.05, 0) is 24.3 Å². The maximum atomic E-state index is 9.21. The second kappa shape index (κ2) is 5.71. The van der Waals surface area contributed by atoms with Gasteiger partial charge in [-0.2, -0.15) is 0 Å². The number of nitrogens with one attached hydrogen (secondary N) is 2. The molecule has 0 amide bonds. The Labute approximate surface area is 114 Å². The molecule has 0 spiro atoms. The molecule has 2 aromatic carbocycles. The molecule has 0 aliphatic rings. The third-order valence-corrected chi connectivity index (χ3v) is 3.66. The molecular weight excluding hydrogens is 268 g/mol. The molecule has 0 aliphatic heterocycles. The molecule has 2 aromatic rings. The lowest BCUT2D eigenvalue weighted by atomic mass is 10.1. The van der Waals surface area contributed by atoms with Crippen LogP contribution in [0.1, 0.15) is 0 Å². The first kappa shape index (κ1) is 13.4. The first-order valence-corrected chi connectivity index (χ1v) is 6.88. The van der Waals surface area contributed by atoms with Crippen LogP contribution in [-0.2, 0) is 0 Å². The van der Waals surface area contributed by atoms with E-state index in [2.05, 4.69) is 10.6 Å². The van der Waals surface area contributed by atoms with Crippen LogP contribution in [0.25, 0.3) is 10.8 Å². The van der Waals surface area contributed by atoms with Gasteiger partial charge in [-0.3, -0.25) is 0 Å². The van der Waals surface area contributed by atoms with E-state index in [1.165, 1.54) is 0 Å². The summed E-state index contributed by atoms with van der Waals surface area (Å²) in [5.74, 6) is 0. The van der Waals surface area contributed by atoms with Gasteiger partial charge < -0.3 is 19.7 Å². The number of benzene rings is 2. The molecule has 0 atom stereocenters. The molecule has 2 rings (SSSR count). The van der Waals surface area contributed by atoms with Gasteiger partial charge in [-0.25, -0.2) is 0 Å². The fourth-order valence-electron chi connectivity index (χ4n) is 1.93. The molecule has 4 N–H and O–H groups in total. The van der Waals surface area contributed by atoms with E-state index in [1.807, 2.05) is 38.4 Å². The fraction of sp³-hybridized carbons (Fsp3) is 0.167. The number of fused-ring (bicyclic) bond motifs is 1. The minimum Gasteiger partial charge on any atom is -0.388 e. The fourth-order valence-corrected chi connectivity index (χ4v) is 2.61. The van der Waals surface area contributed by atoms with Crippen molar-refractivity contribution in [3.8, 4) is 0 Å². The Balaban J connectivity index is 2.80. The number of anilines is 2. The Bertz CT molecular complexity index is 524. The highest BCUT2D eigenvalue weighted by molar-refractivity contribution is 7.94. The Kier molecular flexibility index (Phi) is 4.23. The predicted molar refractivity (Wildman–Crippen MR) is 80.0 cm³/mol. The summed E-state index contributed by atoms with van der Waals surface area (Å²) >= 11 is 1.44. The van der Waals surface area contributed by atoms with E-state index in [1.54, 1.807) is 0 Å². The molecule has 0 fully saturated rings. The molecule has 6 heteroatoms. The van der Waals surface area contributed by atoms with Gasteiger partial charge in [-0.1, -0.05) is 0 Å². The van der Waals surface area contributed by atoms with Crippen molar-refractivity contribution in [2.45, 2.75) is 9.79 Å². The average Bonchev–Trinajstić information content (AvgIpc) is 2.44. The van der Waals surface area contributed by atoms with E-state index in [9.17, 15) is 9.11 Å². The third-order valence-electron chi connectivity index (χ3n) is 2.77. The molecule has 0 bridgehead atoms. The van der Waals surface area contributed by atoms with Gasteiger partial charge in [0.25, 0.3) is 0 Å². The zero-order valence-electron chi connectivity index (χ0n) is 10.0. The summed E-state index contributed by atoms with van der Waals surface area (Å²) in [5, 5.41) is 8.21. The van der Waals surface area contributed by atoms with Crippen molar-refractivity contribution in [3.05, 3.63) is 24.3 Å². The van der Waals surface area contributed by atoms with Crippen LogP contribution in [0, 0.1) is 0 Å². The van der Waals surface area contributed by atoms with Crippen molar-refractivity contribution < 1.29 is 9.11 Å². The molecule has 96 valence electrons. The zero-order chi connectivity index (χ0) is 13.1. The van der Waals surface area contributed by atoms with Gasteiger partial charge in [0.1, 0.15) is 0 Å². The minimum absolute atomic E-state index is 0.720. The van der Waals surface area contributed by atoms with E-state index in [4.69, 9.17) is 0 Å². The van der Waals surface area contributed by atoms with Crippen molar-refractivity contribution in [2.24, 2.45) is 0 Å². The van der Waals surface area contributed by atoms with Crippen molar-refractivity contribution >= 4 is 46.2 Å². The zero-order valence-corrected chi connectivity index (χ0v) is 11.7. The maximum absolute atomic E-state index is 9.21. The van der Waals surface area contributed by atoms with Crippen LogP contribution in [0.15, 0.2) is 34.1 Å². The van der Waals surface area contributed by atoms with Gasteiger partial charge in [0.05, 0.1) is 0 Å². The largest absolute Gasteiger partial charge is 0.388 e. The number of hydrogen-bond acceptors (Lipinski definition) is 6. The molecular formula is C12H14N2O2S2. The summed E-state index contributed by atoms with van der Waals surface area (Å²) in [6, 6.07) is 7.58. The lowest BCUT2D eigenvalue weighted by Crippen LogP contribution is -1.95. The molecule has 0 saturated carbocycles. The van der Waals surface area contributed by atoms with Crippen LogP contribution < -0.4 is 10.6 Å². The molecule has 0 unspecified atom stereocenters. The van der Waals surface area contributed by atoms with E-state index < -0.39 is 0 Å². The Morgan fingerprint density at radius 2 is 1.17 bits per heavy atom. The summed E-state index contributed by atoms with van der Waals surface area (Å²) < 4.78 is 18.4. The average molecular weight is 282 g/mol. The summed E-state index contributed by atoms with van der Waals surface area (Å²) in [5.41, 5.74) is 1.83. The Morgan fingerprint density at radius 3 is 1.44 bits per heavy atom. The first-order valence-electron chi connectivity index (χ1n) is 5.33. The minimum atomic E-state index is 0.720. The Morgan fingerprint density at radius 1 is 0.778 bits per heavy atom. The van der Waals surface area contributed by atoms with Crippen molar-refractivity contribution in [3.63, 3.8) is 0 Å². The highest BCUT2D eigenvalue weighted by Crippen LogP contribution is 2.36. The predicted octanol–water partition coefficient (Wildman–Crippen LogP) is 4.05. The third kappa shape index (κ3) is 2.37. The van der Waals surface area contributed by atoms with Gasteiger partial charge in [-0.15, -0.1) is 0 Å². The Hall–Kier alpha value is -1.08. The van der Waals surface area contributed by atoms with Crippen LogP contribution >= 0.6 is 24.1 Å². The van der Waals surface area contributed by atoms with Crippen molar-refractivity contribution in [1.29, 1.82) is 0 Å². The van der Waals surface area contributed by atoms with Crippen LogP contribution in [0.3, 0.4) is 0 Å². The van der Waals surface area contributed by atoms with Crippen LogP contribution in [0.5, 0.6) is 0 Å². The normalized spacial score (nSPS) is 10.7. The van der Waals surface area contributed by atoms with E-state index in [0.29, 0.717) is 0 Å². The summed E-state index contributed by atoms with van der Waals surface area (Å²) in [6.07, 6.45) is 0. The standard InChI is InChI=1S/C12H14N2O2S2/c1-13-11-5-7(17-15)4-10-9(11)3-8(18-16)6-12(10)14-2/h3-6,13-16H,1-2H3. The lowest BCUT2D eigenvalue weighted by molar-refractivity contribution is 0.663. The topological polar surface area (TPSA) is 64.5 Å². The highest BCUT2D eigenvalue weighted by atomic mass is 32.2. The van der Waals surface area contributed by atoms with E-state index in [-0.39, 0.29) is 0 Å². The molecule has 0 aromatic heterocycles. The smallest absolute Gasteiger partial charge is 0.0430 e. The summed E-state index contributed by atoms with van der Waals surface area (Å²) in [7, 11) is 3.66. The van der Waals surface area contributed by atoms with Crippen LogP contribution in [-0.4, -0.2) is 23.2 Å². The maximum Gasteiger partial charge on any atom is 0.0430 e. The first-order chi connectivity index (χ1) is 8.73. The monoisotopic (exact) mass is 282 g/mol. The molecule has 0 heterocycles. The highest BCUT2D eigenvalue weighted by Gasteiger charge is 2.09. The lowest BCUT2D eigenvalue weighted by Gasteiger charge is -2.13. The van der Waals surface area contributed by atoms with Crippen LogP contribution in [0.4, 0.5) is 11.4 Å². The van der Waals surface area contributed by atoms with Crippen LogP contribution in [0.2, 0.25) is 0 Å². The van der Waals surface area contributed by atoms with Gasteiger partial charge in [0.15, 0.2) is 0 Å². The number of rotatable bonds is 4. The number of hydrogen-bond donors (Lipinski definition) is 4. The van der Waals surface area contributed by atoms with E-state index >= 15 is 0 Å². The molecule has 4 nitrogen and oxygen atoms in total. The molecule has 0 aliphatic carbocycles. The second-order valence-corrected chi connectivity index (χ2v) is 5.03. The summed E-state index contributed by atoms with van der Waals surface area (Å²) in [6.45, 7) is 0. The summed E-state index contributed by atoms with van der Waals surface area (Å²) in [4.78, 5) is 1.54. The quantitative estimate of drug-likeness (QED) is 0.634.